The van der Waals surface area contributed by atoms with Gasteiger partial charge < -0.3 is 15.8 Å². The van der Waals surface area contributed by atoms with Gasteiger partial charge in [-0.1, -0.05) is 0 Å². The van der Waals surface area contributed by atoms with Crippen LogP contribution in [0.25, 0.3) is 0 Å². The summed E-state index contributed by atoms with van der Waals surface area (Å²) < 4.78 is 27.6. The average Bonchev–Trinajstić information content (AvgIpc) is 2.45. The molecule has 0 atom stereocenters. The number of nitrogens with two attached hydrogens (primary N) is 2. The Balaban J connectivity index is 1.80. The van der Waals surface area contributed by atoms with Crippen molar-refractivity contribution in [2.24, 2.45) is 5.14 Å². The Morgan fingerprint density at radius 3 is 2.43 bits per heavy atom. The molecule has 0 amide bonds. The molecular formula is C13H16N4O3S. The Bertz CT molecular complexity index is 684. The van der Waals surface area contributed by atoms with Crippen LogP contribution in [0.2, 0.25) is 0 Å². The van der Waals surface area contributed by atoms with Gasteiger partial charge in [0, 0.05) is 11.9 Å². The zero-order valence-corrected chi connectivity index (χ0v) is 12.0. The lowest BCUT2D eigenvalue weighted by molar-refractivity contribution is 0.333. The van der Waals surface area contributed by atoms with Crippen molar-refractivity contribution in [2.45, 2.75) is 4.90 Å². The monoisotopic (exact) mass is 308 g/mol. The van der Waals surface area contributed by atoms with E-state index in [1.807, 2.05) is 0 Å². The van der Waals surface area contributed by atoms with E-state index in [1.165, 1.54) is 12.3 Å². The molecule has 0 aliphatic heterocycles. The zero-order valence-electron chi connectivity index (χ0n) is 11.2. The van der Waals surface area contributed by atoms with E-state index in [9.17, 15) is 8.42 Å². The number of hydrogen-bond acceptors (Lipinski definition) is 6. The Morgan fingerprint density at radius 1 is 1.14 bits per heavy atom. The minimum absolute atomic E-state index is 0.0221. The molecule has 0 spiro atoms. The van der Waals surface area contributed by atoms with Crippen LogP contribution in [0.4, 0.5) is 11.5 Å². The summed E-state index contributed by atoms with van der Waals surface area (Å²) in [5.41, 5.74) is 6.25. The molecule has 0 bridgehead atoms. The molecule has 1 heterocycles. The molecule has 1 aromatic carbocycles. The third kappa shape index (κ3) is 4.62. The van der Waals surface area contributed by atoms with E-state index in [1.54, 1.807) is 30.3 Å². The second-order valence-electron chi connectivity index (χ2n) is 4.27. The second kappa shape index (κ2) is 6.42. The Hall–Kier alpha value is -2.32. The lowest BCUT2D eigenvalue weighted by atomic mass is 10.3. The lowest BCUT2D eigenvalue weighted by Gasteiger charge is -2.08. The van der Waals surface area contributed by atoms with Gasteiger partial charge in [-0.3, -0.25) is 0 Å². The van der Waals surface area contributed by atoms with Gasteiger partial charge in [-0.2, -0.15) is 0 Å². The van der Waals surface area contributed by atoms with E-state index in [2.05, 4.69) is 10.3 Å². The maximum Gasteiger partial charge on any atom is 0.239 e. The highest BCUT2D eigenvalue weighted by atomic mass is 32.2. The molecule has 0 saturated carbocycles. The lowest BCUT2D eigenvalue weighted by Crippen LogP contribution is -2.14. The molecule has 0 aliphatic rings. The maximum absolute atomic E-state index is 11.1. The molecule has 0 fully saturated rings. The number of benzene rings is 1. The van der Waals surface area contributed by atoms with Crippen LogP contribution in [0.3, 0.4) is 0 Å². The molecule has 0 saturated heterocycles. The Morgan fingerprint density at radius 2 is 1.86 bits per heavy atom. The third-order valence-electron chi connectivity index (χ3n) is 2.62. The van der Waals surface area contributed by atoms with Gasteiger partial charge in [-0.05, 0) is 36.4 Å². The molecule has 2 rings (SSSR count). The summed E-state index contributed by atoms with van der Waals surface area (Å²) in [6.07, 6.45) is 1.21. The Kier molecular flexibility index (Phi) is 4.61. The van der Waals surface area contributed by atoms with Gasteiger partial charge in [0.25, 0.3) is 0 Å². The van der Waals surface area contributed by atoms with Crippen molar-refractivity contribution >= 4 is 21.5 Å². The highest BCUT2D eigenvalue weighted by Crippen LogP contribution is 2.13. The van der Waals surface area contributed by atoms with Gasteiger partial charge >= 0.3 is 0 Å². The standard InChI is InChI=1S/C13H16N4O3S/c14-10-1-3-11(4-2-10)20-8-7-16-13-6-5-12(9-17-13)21(15,18)19/h1-6,9H,7-8,14H2,(H,16,17)(H2,15,18,19). The highest BCUT2D eigenvalue weighted by Gasteiger charge is 2.07. The van der Waals surface area contributed by atoms with E-state index < -0.39 is 10.0 Å². The van der Waals surface area contributed by atoms with Gasteiger partial charge in [-0.15, -0.1) is 0 Å². The van der Waals surface area contributed by atoms with Crippen molar-refractivity contribution < 1.29 is 13.2 Å². The van der Waals surface area contributed by atoms with Gasteiger partial charge in [0.1, 0.15) is 23.1 Å². The summed E-state index contributed by atoms with van der Waals surface area (Å²) in [5.74, 6) is 1.27. The molecule has 8 heteroatoms. The SMILES string of the molecule is Nc1ccc(OCCNc2ccc(S(N)(=O)=O)cn2)cc1. The predicted molar refractivity (Wildman–Crippen MR) is 80.4 cm³/mol. The van der Waals surface area contributed by atoms with Crippen molar-refractivity contribution in [3.05, 3.63) is 42.6 Å². The summed E-state index contributed by atoms with van der Waals surface area (Å²) in [6.45, 7) is 0.953. The molecule has 0 unspecified atom stereocenters. The molecule has 0 radical (unpaired) electrons. The molecule has 5 N–H and O–H groups in total. The maximum atomic E-state index is 11.1. The number of rotatable bonds is 6. The third-order valence-corrected chi connectivity index (χ3v) is 3.52. The van der Waals surface area contributed by atoms with E-state index in [4.69, 9.17) is 15.6 Å². The molecule has 0 aliphatic carbocycles. The Labute approximate surface area is 123 Å². The van der Waals surface area contributed by atoms with Crippen molar-refractivity contribution in [3.8, 4) is 5.75 Å². The topological polar surface area (TPSA) is 120 Å². The number of nitrogens with zero attached hydrogens (tertiary/aromatic N) is 1. The summed E-state index contributed by atoms with van der Waals surface area (Å²) in [4.78, 5) is 3.94. The van der Waals surface area contributed by atoms with Crippen LogP contribution in [0, 0.1) is 0 Å². The van der Waals surface area contributed by atoms with Crippen LogP contribution in [-0.2, 0) is 10.0 Å². The fraction of sp³-hybridized carbons (Fsp3) is 0.154. The van der Waals surface area contributed by atoms with Crippen LogP contribution in [0.15, 0.2) is 47.5 Å². The number of pyridine rings is 1. The summed E-state index contributed by atoms with van der Waals surface area (Å²) in [6, 6.07) is 10.0. The normalized spacial score (nSPS) is 11.1. The van der Waals surface area contributed by atoms with E-state index in [-0.39, 0.29) is 4.90 Å². The first-order chi connectivity index (χ1) is 9.95. The van der Waals surface area contributed by atoms with Crippen molar-refractivity contribution in [1.29, 1.82) is 0 Å². The number of ether oxygens (including phenoxy) is 1. The van der Waals surface area contributed by atoms with Crippen LogP contribution in [0.5, 0.6) is 5.75 Å². The van der Waals surface area contributed by atoms with Crippen molar-refractivity contribution in [1.82, 2.24) is 4.98 Å². The number of aromatic nitrogens is 1. The molecule has 112 valence electrons. The van der Waals surface area contributed by atoms with Gasteiger partial charge in [0.05, 0.1) is 6.54 Å². The second-order valence-corrected chi connectivity index (χ2v) is 5.83. The predicted octanol–water partition coefficient (Wildman–Crippen LogP) is 0.802. The summed E-state index contributed by atoms with van der Waals surface area (Å²) in [5, 5.41) is 7.99. The molecule has 1 aromatic heterocycles. The first-order valence-corrected chi connectivity index (χ1v) is 7.71. The van der Waals surface area contributed by atoms with E-state index >= 15 is 0 Å². The summed E-state index contributed by atoms with van der Waals surface area (Å²) >= 11 is 0. The first kappa shape index (κ1) is 15.1. The van der Waals surface area contributed by atoms with Crippen molar-refractivity contribution in [3.63, 3.8) is 0 Å². The van der Waals surface area contributed by atoms with E-state index in [0.29, 0.717) is 24.7 Å². The van der Waals surface area contributed by atoms with Gasteiger partial charge in [-0.25, -0.2) is 18.5 Å². The number of nitrogen functional groups attached to an aromatic ring is 1. The number of primary sulfonamides is 1. The van der Waals surface area contributed by atoms with Crippen LogP contribution in [0.1, 0.15) is 0 Å². The fourth-order valence-corrected chi connectivity index (χ4v) is 2.02. The number of hydrogen-bond donors (Lipinski definition) is 3. The smallest absolute Gasteiger partial charge is 0.239 e. The van der Waals surface area contributed by atoms with Crippen LogP contribution < -0.4 is 20.9 Å². The van der Waals surface area contributed by atoms with E-state index in [0.717, 1.165) is 5.75 Å². The quantitative estimate of drug-likeness (QED) is 0.536. The number of nitrogens with one attached hydrogen (secondary N) is 1. The average molecular weight is 308 g/mol. The molecule has 7 nitrogen and oxygen atoms in total. The highest BCUT2D eigenvalue weighted by molar-refractivity contribution is 7.89. The minimum atomic E-state index is -3.71. The van der Waals surface area contributed by atoms with Crippen LogP contribution in [-0.4, -0.2) is 26.6 Å². The largest absolute Gasteiger partial charge is 0.492 e. The van der Waals surface area contributed by atoms with Gasteiger partial charge in [0.15, 0.2) is 0 Å². The van der Waals surface area contributed by atoms with Crippen molar-refractivity contribution in [2.75, 3.05) is 24.2 Å². The first-order valence-electron chi connectivity index (χ1n) is 6.16. The number of anilines is 2. The number of sulfonamides is 1. The molecule has 21 heavy (non-hydrogen) atoms. The molecule has 2 aromatic rings. The van der Waals surface area contributed by atoms with Crippen LogP contribution >= 0.6 is 0 Å². The molecular weight excluding hydrogens is 292 g/mol. The fourth-order valence-electron chi connectivity index (χ4n) is 1.57. The zero-order chi connectivity index (χ0) is 15.3. The minimum Gasteiger partial charge on any atom is -0.492 e. The summed E-state index contributed by atoms with van der Waals surface area (Å²) in [7, 11) is -3.71. The van der Waals surface area contributed by atoms with Gasteiger partial charge in [0.2, 0.25) is 10.0 Å².